The molecule has 19 heavy (non-hydrogen) atoms. The van der Waals surface area contributed by atoms with Crippen molar-refractivity contribution < 1.29 is 14.7 Å². The van der Waals surface area contributed by atoms with Crippen LogP contribution in [0.25, 0.3) is 10.9 Å². The fourth-order valence-corrected chi connectivity index (χ4v) is 1.92. The number of fused-ring (bicyclic) bond motifs is 1. The summed E-state index contributed by atoms with van der Waals surface area (Å²) in [6.45, 7) is 1.74. The number of benzene rings is 1. The molecule has 0 spiro atoms. The monoisotopic (exact) mass is 261 g/mol. The number of hydrogen-bond donors (Lipinski definition) is 2. The van der Waals surface area contributed by atoms with Crippen molar-refractivity contribution >= 4 is 22.8 Å². The van der Waals surface area contributed by atoms with Crippen LogP contribution in [0.3, 0.4) is 0 Å². The quantitative estimate of drug-likeness (QED) is 0.841. The average Bonchev–Trinajstić information content (AvgIpc) is 2.71. The van der Waals surface area contributed by atoms with Gasteiger partial charge in [-0.2, -0.15) is 5.10 Å². The Morgan fingerprint density at radius 2 is 2.16 bits per heavy atom. The molecule has 2 aromatic rings. The van der Waals surface area contributed by atoms with Crippen LogP contribution in [0.4, 0.5) is 0 Å². The Hall–Kier alpha value is -2.37. The third kappa shape index (κ3) is 3.31. The largest absolute Gasteiger partial charge is 0.481 e. The second-order valence-corrected chi connectivity index (χ2v) is 4.43. The smallest absolute Gasteiger partial charge is 0.305 e. The summed E-state index contributed by atoms with van der Waals surface area (Å²) in [5, 5.41) is 16.4. The van der Waals surface area contributed by atoms with E-state index >= 15 is 0 Å². The summed E-state index contributed by atoms with van der Waals surface area (Å²) < 4.78 is 1.60. The predicted molar refractivity (Wildman–Crippen MR) is 69.6 cm³/mol. The first-order valence-electron chi connectivity index (χ1n) is 5.98. The first-order valence-corrected chi connectivity index (χ1v) is 5.98. The van der Waals surface area contributed by atoms with E-state index in [2.05, 4.69) is 10.4 Å². The maximum absolute atomic E-state index is 11.8. The van der Waals surface area contributed by atoms with Gasteiger partial charge in [0.05, 0.1) is 18.1 Å². The highest BCUT2D eigenvalue weighted by Gasteiger charge is 2.12. The molecule has 0 saturated heterocycles. The van der Waals surface area contributed by atoms with Gasteiger partial charge in [-0.3, -0.25) is 14.3 Å². The van der Waals surface area contributed by atoms with Crippen molar-refractivity contribution in [2.24, 2.45) is 0 Å². The molecule has 0 saturated carbocycles. The van der Waals surface area contributed by atoms with Gasteiger partial charge < -0.3 is 10.4 Å². The maximum atomic E-state index is 11.8. The zero-order valence-electron chi connectivity index (χ0n) is 10.5. The van der Waals surface area contributed by atoms with Gasteiger partial charge in [-0.25, -0.2) is 0 Å². The fourth-order valence-electron chi connectivity index (χ4n) is 1.92. The van der Waals surface area contributed by atoms with Gasteiger partial charge in [-0.15, -0.1) is 0 Å². The van der Waals surface area contributed by atoms with Crippen LogP contribution in [-0.2, 0) is 16.1 Å². The molecule has 1 heterocycles. The highest BCUT2D eigenvalue weighted by molar-refractivity contribution is 5.82. The van der Waals surface area contributed by atoms with E-state index in [9.17, 15) is 9.59 Å². The molecule has 0 radical (unpaired) electrons. The normalized spacial score (nSPS) is 12.3. The van der Waals surface area contributed by atoms with Crippen LogP contribution in [-0.4, -0.2) is 32.8 Å². The first-order chi connectivity index (χ1) is 9.06. The minimum absolute atomic E-state index is 0.0808. The zero-order valence-corrected chi connectivity index (χ0v) is 10.5. The van der Waals surface area contributed by atoms with Gasteiger partial charge >= 0.3 is 5.97 Å². The van der Waals surface area contributed by atoms with Crippen LogP contribution in [0.15, 0.2) is 30.5 Å². The minimum atomic E-state index is -0.933. The topological polar surface area (TPSA) is 84.2 Å². The molecule has 1 unspecified atom stereocenters. The number of aliphatic carboxylic acids is 1. The standard InChI is InChI=1S/C13H15N3O3/c1-9(6-13(18)19)15-12(17)8-16-11-5-3-2-4-10(11)7-14-16/h2-5,7,9H,6,8H2,1H3,(H,15,17)(H,18,19). The van der Waals surface area contributed by atoms with Crippen molar-refractivity contribution in [2.45, 2.75) is 25.9 Å². The number of aromatic nitrogens is 2. The molecule has 0 aliphatic carbocycles. The van der Waals surface area contributed by atoms with E-state index in [1.807, 2.05) is 24.3 Å². The summed E-state index contributed by atoms with van der Waals surface area (Å²) in [5.74, 6) is -1.18. The number of carbonyl (C=O) groups is 2. The van der Waals surface area contributed by atoms with E-state index in [4.69, 9.17) is 5.11 Å². The molecule has 100 valence electrons. The van der Waals surface area contributed by atoms with Crippen LogP contribution in [0.5, 0.6) is 0 Å². The van der Waals surface area contributed by atoms with E-state index in [1.165, 1.54) is 0 Å². The van der Waals surface area contributed by atoms with Gasteiger partial charge in [0.25, 0.3) is 0 Å². The molecule has 2 N–H and O–H groups in total. The summed E-state index contributed by atoms with van der Waals surface area (Å²) in [5.41, 5.74) is 0.878. The molecule has 1 aromatic heterocycles. The number of rotatable bonds is 5. The molecule has 1 aromatic carbocycles. The third-order valence-corrected chi connectivity index (χ3v) is 2.73. The van der Waals surface area contributed by atoms with Crippen LogP contribution < -0.4 is 5.32 Å². The Morgan fingerprint density at radius 3 is 2.89 bits per heavy atom. The average molecular weight is 261 g/mol. The Bertz CT molecular complexity index is 606. The highest BCUT2D eigenvalue weighted by atomic mass is 16.4. The summed E-state index contributed by atoms with van der Waals surface area (Å²) in [7, 11) is 0. The van der Waals surface area contributed by atoms with Crippen LogP contribution >= 0.6 is 0 Å². The second kappa shape index (κ2) is 5.51. The number of nitrogens with zero attached hydrogens (tertiary/aromatic N) is 2. The number of para-hydroxylation sites is 1. The highest BCUT2D eigenvalue weighted by Crippen LogP contribution is 2.12. The van der Waals surface area contributed by atoms with Crippen LogP contribution in [0.1, 0.15) is 13.3 Å². The maximum Gasteiger partial charge on any atom is 0.305 e. The molecular weight excluding hydrogens is 246 g/mol. The number of carbonyl (C=O) groups excluding carboxylic acids is 1. The van der Waals surface area contributed by atoms with Crippen molar-refractivity contribution in [3.05, 3.63) is 30.5 Å². The molecule has 0 aliphatic rings. The Balaban J connectivity index is 2.01. The lowest BCUT2D eigenvalue weighted by Gasteiger charge is -2.11. The molecular formula is C13H15N3O3. The number of carboxylic acids is 1. The van der Waals surface area contributed by atoms with Crippen LogP contribution in [0.2, 0.25) is 0 Å². The molecule has 0 bridgehead atoms. The first kappa shape index (κ1) is 13.1. The molecule has 0 fully saturated rings. The number of amides is 1. The Labute approximate surface area is 110 Å². The summed E-state index contributed by atoms with van der Waals surface area (Å²) in [4.78, 5) is 22.3. The van der Waals surface area contributed by atoms with Crippen molar-refractivity contribution in [2.75, 3.05) is 0 Å². The fraction of sp³-hybridized carbons (Fsp3) is 0.308. The molecule has 1 amide bonds. The van der Waals surface area contributed by atoms with Gasteiger partial charge in [0.1, 0.15) is 6.54 Å². The van der Waals surface area contributed by atoms with Crippen molar-refractivity contribution in [3.8, 4) is 0 Å². The van der Waals surface area contributed by atoms with Crippen molar-refractivity contribution in [3.63, 3.8) is 0 Å². The lowest BCUT2D eigenvalue weighted by molar-refractivity contribution is -0.137. The van der Waals surface area contributed by atoms with Gasteiger partial charge in [0.15, 0.2) is 0 Å². The minimum Gasteiger partial charge on any atom is -0.481 e. The van der Waals surface area contributed by atoms with Crippen molar-refractivity contribution in [1.82, 2.24) is 15.1 Å². The lowest BCUT2D eigenvalue weighted by atomic mass is 10.2. The summed E-state index contributed by atoms with van der Waals surface area (Å²) in [6, 6.07) is 7.20. The SMILES string of the molecule is CC(CC(=O)O)NC(=O)Cn1ncc2ccccc21. The van der Waals surface area contributed by atoms with Gasteiger partial charge in [-0.1, -0.05) is 18.2 Å². The van der Waals surface area contributed by atoms with E-state index in [-0.39, 0.29) is 18.9 Å². The third-order valence-electron chi connectivity index (χ3n) is 2.73. The Morgan fingerprint density at radius 1 is 1.42 bits per heavy atom. The Kier molecular flexibility index (Phi) is 3.79. The number of hydrogen-bond acceptors (Lipinski definition) is 3. The molecule has 1 atom stereocenters. The molecule has 0 aliphatic heterocycles. The van der Waals surface area contributed by atoms with Crippen molar-refractivity contribution in [1.29, 1.82) is 0 Å². The lowest BCUT2D eigenvalue weighted by Crippen LogP contribution is -2.36. The van der Waals surface area contributed by atoms with E-state index in [0.29, 0.717) is 0 Å². The molecule has 6 nitrogen and oxygen atoms in total. The van der Waals surface area contributed by atoms with Gasteiger partial charge in [0.2, 0.25) is 5.91 Å². The van der Waals surface area contributed by atoms with Gasteiger partial charge in [0, 0.05) is 11.4 Å². The van der Waals surface area contributed by atoms with Crippen LogP contribution in [0, 0.1) is 0 Å². The van der Waals surface area contributed by atoms with E-state index in [0.717, 1.165) is 10.9 Å². The molecule has 2 rings (SSSR count). The second-order valence-electron chi connectivity index (χ2n) is 4.43. The summed E-state index contributed by atoms with van der Waals surface area (Å²) >= 11 is 0. The van der Waals surface area contributed by atoms with E-state index < -0.39 is 12.0 Å². The van der Waals surface area contributed by atoms with E-state index in [1.54, 1.807) is 17.8 Å². The number of nitrogens with one attached hydrogen (secondary N) is 1. The molecule has 6 heteroatoms. The number of carboxylic acid groups (broad SMARTS) is 1. The predicted octanol–water partition coefficient (Wildman–Crippen LogP) is 1.02. The van der Waals surface area contributed by atoms with Gasteiger partial charge in [-0.05, 0) is 13.0 Å². The zero-order chi connectivity index (χ0) is 13.8. The summed E-state index contributed by atoms with van der Waals surface area (Å²) in [6.07, 6.45) is 1.61.